The van der Waals surface area contributed by atoms with Crippen LogP contribution in [0.5, 0.6) is 0 Å². The highest BCUT2D eigenvalue weighted by atomic mass is 16.5. The Morgan fingerprint density at radius 3 is 2.55 bits per heavy atom. The summed E-state index contributed by atoms with van der Waals surface area (Å²) >= 11 is 0. The van der Waals surface area contributed by atoms with Gasteiger partial charge < -0.3 is 5.21 Å². The van der Waals surface area contributed by atoms with Crippen LogP contribution in [0.25, 0.3) is 22.1 Å². The quantitative estimate of drug-likeness (QED) is 0.453. The van der Waals surface area contributed by atoms with Gasteiger partial charge in [-0.25, -0.2) is 0 Å². The molecule has 0 unspecified atom stereocenters. The molecule has 0 bridgehead atoms. The van der Waals surface area contributed by atoms with Crippen molar-refractivity contribution in [2.24, 2.45) is 0 Å². The van der Waals surface area contributed by atoms with Gasteiger partial charge in [0.05, 0.1) is 26.3 Å². The van der Waals surface area contributed by atoms with Crippen molar-refractivity contribution in [3.8, 4) is 0 Å². The number of hydrogen-bond acceptors (Lipinski definition) is 4. The Kier molecular flexibility index (Phi) is 1.89. The minimum atomic E-state index is 0.439. The fraction of sp³-hybridized carbons (Fsp3) is 0.143. The standard InChI is InChI=1S/C14H10N4O2/c1-7-3-9-13-11(5-7)17(19)16-10-4-8(2)6-12(14(10)13)18(20)15-9/h3-6H,1-2H3. The summed E-state index contributed by atoms with van der Waals surface area (Å²) < 4.78 is 0.605. The first-order valence-electron chi connectivity index (χ1n) is 6.22. The minimum Gasteiger partial charge on any atom is -0.790 e. The molecule has 0 saturated carbocycles. The van der Waals surface area contributed by atoms with Crippen molar-refractivity contribution in [2.45, 2.75) is 13.8 Å². The predicted molar refractivity (Wildman–Crippen MR) is 73.1 cm³/mol. The van der Waals surface area contributed by atoms with Gasteiger partial charge in [0, 0.05) is 11.3 Å². The average molecular weight is 266 g/mol. The molecule has 0 spiro atoms. The predicted octanol–water partition coefficient (Wildman–Crippen LogP) is 1.62. The second-order valence-electron chi connectivity index (χ2n) is 5.10. The molecule has 2 aromatic carbocycles. The SMILES string of the molecule is Cc1cc2n[n+](=O)c3cc(C)cc4nn([O-])c(c1)c2=c43. The first kappa shape index (κ1) is 11.1. The van der Waals surface area contributed by atoms with E-state index < -0.39 is 0 Å². The molecular formula is C14H10N4O2. The Labute approximate surface area is 112 Å². The Hall–Kier alpha value is -2.76. The zero-order valence-electron chi connectivity index (χ0n) is 10.9. The summed E-state index contributed by atoms with van der Waals surface area (Å²) in [5.74, 6) is 0. The molecule has 0 radical (unpaired) electrons. The topological polar surface area (TPSA) is 76.7 Å². The molecule has 2 heterocycles. The molecule has 2 aliphatic rings. The van der Waals surface area contributed by atoms with Crippen molar-refractivity contribution in [1.29, 1.82) is 0 Å². The van der Waals surface area contributed by atoms with Crippen LogP contribution in [-0.2, 0) is 0 Å². The maximum atomic E-state index is 12.1. The molecule has 0 atom stereocenters. The van der Waals surface area contributed by atoms with Crippen molar-refractivity contribution in [3.63, 3.8) is 0 Å². The number of nitrogens with zero attached hydrogens (tertiary/aromatic N) is 4. The van der Waals surface area contributed by atoms with Gasteiger partial charge in [0.25, 0.3) is 0 Å². The summed E-state index contributed by atoms with van der Waals surface area (Å²) in [4.78, 5) is 12.7. The zero-order chi connectivity index (χ0) is 14.0. The van der Waals surface area contributed by atoms with Crippen LogP contribution < -0.4 is 4.54 Å². The summed E-state index contributed by atoms with van der Waals surface area (Å²) in [6.45, 7) is 3.71. The van der Waals surface area contributed by atoms with E-state index in [0.29, 0.717) is 41.9 Å². The molecule has 0 aliphatic carbocycles. The lowest BCUT2D eigenvalue weighted by Crippen LogP contribution is -2.22. The van der Waals surface area contributed by atoms with E-state index in [1.54, 1.807) is 24.3 Å². The summed E-state index contributed by atoms with van der Waals surface area (Å²) in [6, 6.07) is 7.13. The highest BCUT2D eigenvalue weighted by Crippen LogP contribution is 2.21. The molecule has 0 saturated heterocycles. The molecule has 6 heteroatoms. The molecule has 6 nitrogen and oxygen atoms in total. The highest BCUT2D eigenvalue weighted by Gasteiger charge is 2.17. The van der Waals surface area contributed by atoms with Crippen molar-refractivity contribution >= 4 is 22.1 Å². The first-order valence-corrected chi connectivity index (χ1v) is 6.22. The molecule has 4 rings (SSSR count). The van der Waals surface area contributed by atoms with E-state index in [-0.39, 0.29) is 0 Å². The van der Waals surface area contributed by atoms with Crippen molar-refractivity contribution in [1.82, 2.24) is 15.0 Å². The average Bonchev–Trinajstić information content (AvgIpc) is 2.37. The van der Waals surface area contributed by atoms with Crippen LogP contribution in [0.2, 0.25) is 0 Å². The van der Waals surface area contributed by atoms with Gasteiger partial charge in [0.1, 0.15) is 5.52 Å². The second-order valence-corrected chi connectivity index (χ2v) is 5.10. The van der Waals surface area contributed by atoms with Crippen LogP contribution in [0, 0.1) is 34.4 Å². The number of aromatic nitrogens is 4. The van der Waals surface area contributed by atoms with Gasteiger partial charge in [-0.3, -0.25) is 4.85 Å². The first-order chi connectivity index (χ1) is 9.54. The highest BCUT2D eigenvalue weighted by molar-refractivity contribution is 5.74. The lowest BCUT2D eigenvalue weighted by molar-refractivity contribution is -0.534. The minimum absolute atomic E-state index is 0.439. The van der Waals surface area contributed by atoms with E-state index >= 15 is 0 Å². The third-order valence-corrected chi connectivity index (χ3v) is 3.54. The Morgan fingerprint density at radius 2 is 1.75 bits per heavy atom. The van der Waals surface area contributed by atoms with Crippen LogP contribution in [0.4, 0.5) is 0 Å². The Morgan fingerprint density at radius 1 is 1.05 bits per heavy atom. The third-order valence-electron chi connectivity index (χ3n) is 3.54. The van der Waals surface area contributed by atoms with Crippen molar-refractivity contribution in [2.75, 3.05) is 0 Å². The van der Waals surface area contributed by atoms with Gasteiger partial charge >= 0.3 is 5.52 Å². The third kappa shape index (κ3) is 1.27. The smallest absolute Gasteiger partial charge is 0.305 e. The van der Waals surface area contributed by atoms with Gasteiger partial charge in [-0.1, -0.05) is 0 Å². The molecule has 0 N–H and O–H groups in total. The molecule has 0 amide bonds. The normalized spacial score (nSPS) is 11.9. The fourth-order valence-corrected chi connectivity index (χ4v) is 2.77. The maximum Gasteiger partial charge on any atom is 0.305 e. The second kappa shape index (κ2) is 3.41. The summed E-state index contributed by atoms with van der Waals surface area (Å²) in [5.41, 5.74) is 3.65. The van der Waals surface area contributed by atoms with Gasteiger partial charge in [0.2, 0.25) is 0 Å². The van der Waals surface area contributed by atoms with Crippen LogP contribution in [0.1, 0.15) is 11.1 Å². The molecule has 2 aliphatic heterocycles. The lowest BCUT2D eigenvalue weighted by Gasteiger charge is -2.14. The Bertz CT molecular complexity index is 1100. The van der Waals surface area contributed by atoms with E-state index in [9.17, 15) is 10.1 Å². The number of hydrogen-bond donors (Lipinski definition) is 0. The van der Waals surface area contributed by atoms with E-state index in [1.807, 2.05) is 13.8 Å². The number of aryl methyl sites for hydroxylation is 2. The number of rotatable bonds is 0. The van der Waals surface area contributed by atoms with E-state index in [0.717, 1.165) is 11.1 Å². The molecule has 98 valence electrons. The van der Waals surface area contributed by atoms with Crippen LogP contribution >= 0.6 is 0 Å². The monoisotopic (exact) mass is 266 g/mol. The van der Waals surface area contributed by atoms with E-state index in [2.05, 4.69) is 10.2 Å². The van der Waals surface area contributed by atoms with Gasteiger partial charge in [-0.2, -0.15) is 5.10 Å². The number of benzene rings is 2. The van der Waals surface area contributed by atoms with Crippen molar-refractivity contribution < 1.29 is 4.54 Å². The molecule has 0 aromatic heterocycles. The fourth-order valence-electron chi connectivity index (χ4n) is 2.77. The summed E-state index contributed by atoms with van der Waals surface area (Å²) in [7, 11) is 0. The van der Waals surface area contributed by atoms with Crippen molar-refractivity contribution in [3.05, 3.63) is 55.9 Å². The maximum absolute atomic E-state index is 12.1. The summed E-state index contributed by atoms with van der Waals surface area (Å²) in [5, 5.41) is 21.5. The summed E-state index contributed by atoms with van der Waals surface area (Å²) in [6.07, 6.45) is 0. The Balaban J connectivity index is 2.57. The largest absolute Gasteiger partial charge is 0.790 e. The van der Waals surface area contributed by atoms with Crippen LogP contribution in [0.3, 0.4) is 0 Å². The van der Waals surface area contributed by atoms with E-state index in [1.165, 1.54) is 0 Å². The zero-order valence-corrected chi connectivity index (χ0v) is 10.9. The molecular weight excluding hydrogens is 256 g/mol. The van der Waals surface area contributed by atoms with Crippen LogP contribution in [-0.4, -0.2) is 15.0 Å². The molecule has 0 fully saturated rings. The lowest BCUT2D eigenvalue weighted by atomic mass is 10.1. The van der Waals surface area contributed by atoms with Gasteiger partial charge in [0.15, 0.2) is 4.54 Å². The molecule has 20 heavy (non-hydrogen) atoms. The van der Waals surface area contributed by atoms with Crippen LogP contribution in [0.15, 0.2) is 24.3 Å². The van der Waals surface area contributed by atoms with E-state index in [4.69, 9.17) is 0 Å². The van der Waals surface area contributed by atoms with Gasteiger partial charge in [-0.05, 0) is 43.2 Å². The van der Waals surface area contributed by atoms with Gasteiger partial charge in [-0.15, -0.1) is 0 Å². The molecule has 2 aromatic rings.